The van der Waals surface area contributed by atoms with Crippen LogP contribution in [0, 0.1) is 0 Å². The lowest BCUT2D eigenvalue weighted by molar-refractivity contribution is 0.0502. The van der Waals surface area contributed by atoms with E-state index in [1.165, 1.54) is 11.3 Å². The summed E-state index contributed by atoms with van der Waals surface area (Å²) >= 11 is 6.28. The summed E-state index contributed by atoms with van der Waals surface area (Å²) < 4.78 is 25.8. The van der Waals surface area contributed by atoms with Gasteiger partial charge >= 0.3 is 5.38 Å². The number of aromatic nitrogens is 1. The fourth-order valence-corrected chi connectivity index (χ4v) is 2.40. The number of alkyl halides is 3. The largest absolute Gasteiger partial charge is 0.338 e. The van der Waals surface area contributed by atoms with E-state index < -0.39 is 11.4 Å². The van der Waals surface area contributed by atoms with Crippen LogP contribution in [0.25, 0.3) is 0 Å². The highest BCUT2D eigenvalue weighted by Crippen LogP contribution is 2.28. The molecule has 0 aliphatic heterocycles. The number of thiazole rings is 1. The number of nitrogens with zero attached hydrogens (tertiary/aromatic N) is 1. The van der Waals surface area contributed by atoms with E-state index in [0.717, 1.165) is 5.69 Å². The van der Waals surface area contributed by atoms with Crippen molar-refractivity contribution in [3.63, 3.8) is 0 Å². The molecule has 1 unspecified atom stereocenters. The van der Waals surface area contributed by atoms with Crippen LogP contribution in [0.3, 0.4) is 0 Å². The molecule has 0 aromatic carbocycles. The highest BCUT2D eigenvalue weighted by molar-refractivity contribution is 7.09. The second-order valence-corrected chi connectivity index (χ2v) is 6.29. The zero-order valence-electron chi connectivity index (χ0n) is 9.93. The topological polar surface area (TPSA) is 50.9 Å². The number of hydrogen-bond acceptors (Lipinski definition) is 4. The molecule has 1 atom stereocenters. The molecule has 3 N–H and O–H groups in total. The smallest absolute Gasteiger partial charge is 0.271 e. The van der Waals surface area contributed by atoms with Crippen molar-refractivity contribution in [1.29, 1.82) is 0 Å². The molecule has 98 valence electrons. The summed E-state index contributed by atoms with van der Waals surface area (Å²) in [5.74, 6) is 5.06. The molecule has 17 heavy (non-hydrogen) atoms. The third-order valence-electron chi connectivity index (χ3n) is 2.30. The van der Waals surface area contributed by atoms with Crippen molar-refractivity contribution in [2.75, 3.05) is 0 Å². The summed E-state index contributed by atoms with van der Waals surface area (Å²) in [5, 5.41) is -0.921. The second-order valence-electron chi connectivity index (χ2n) is 4.84. The lowest BCUT2D eigenvalue weighted by Crippen LogP contribution is -2.46. The molecule has 7 heteroatoms. The molecular weight excluding hydrogens is 268 g/mol. The maximum absolute atomic E-state index is 12.9. The molecule has 3 nitrogen and oxygen atoms in total. The average molecular weight is 284 g/mol. The molecule has 1 aromatic rings. The highest BCUT2D eigenvalue weighted by Gasteiger charge is 2.37. The number of hydrazine groups is 1. The van der Waals surface area contributed by atoms with Crippen molar-refractivity contribution in [3.05, 3.63) is 16.1 Å². The molecule has 0 aliphatic rings. The van der Waals surface area contributed by atoms with Crippen LogP contribution < -0.4 is 11.3 Å². The standard InChI is InChI=1S/C10H16ClF2N3S/c1-9(2,3)7-5-17-8(15-7)4-6(16-14)10(11,12)13/h5-6,16H,4,14H2,1-3H3. The molecule has 0 radical (unpaired) electrons. The summed E-state index contributed by atoms with van der Waals surface area (Å²) in [6.07, 6.45) is 0.00769. The Kier molecular flexibility index (Phi) is 4.46. The molecule has 0 spiro atoms. The SMILES string of the molecule is CC(C)(C)c1csc(CC(NN)C(F)(F)Cl)n1. The summed E-state index contributed by atoms with van der Waals surface area (Å²) in [5.41, 5.74) is 2.81. The Morgan fingerprint density at radius 1 is 1.53 bits per heavy atom. The van der Waals surface area contributed by atoms with Gasteiger partial charge in [-0.1, -0.05) is 20.8 Å². The third kappa shape index (κ3) is 4.13. The lowest BCUT2D eigenvalue weighted by Gasteiger charge is -2.19. The number of nitrogens with one attached hydrogen (secondary N) is 1. The van der Waals surface area contributed by atoms with Gasteiger partial charge in [-0.3, -0.25) is 5.84 Å². The first-order valence-corrected chi connectivity index (χ1v) is 6.38. The summed E-state index contributed by atoms with van der Waals surface area (Å²) in [6, 6.07) is -1.32. The van der Waals surface area contributed by atoms with E-state index in [2.05, 4.69) is 4.98 Å². The second kappa shape index (κ2) is 5.14. The summed E-state index contributed by atoms with van der Waals surface area (Å²) in [4.78, 5) is 4.31. The Hall–Kier alpha value is -0.300. The van der Waals surface area contributed by atoms with Crippen LogP contribution in [0.4, 0.5) is 8.78 Å². The van der Waals surface area contributed by atoms with Crippen molar-refractivity contribution in [2.45, 2.75) is 44.0 Å². The van der Waals surface area contributed by atoms with Crippen molar-refractivity contribution in [1.82, 2.24) is 10.4 Å². The van der Waals surface area contributed by atoms with Gasteiger partial charge in [0.2, 0.25) is 0 Å². The van der Waals surface area contributed by atoms with Crippen LogP contribution >= 0.6 is 22.9 Å². The fraction of sp³-hybridized carbons (Fsp3) is 0.700. The number of hydrogen-bond donors (Lipinski definition) is 2. The van der Waals surface area contributed by atoms with Crippen molar-refractivity contribution in [3.8, 4) is 0 Å². The Balaban J connectivity index is 2.79. The van der Waals surface area contributed by atoms with Crippen molar-refractivity contribution in [2.24, 2.45) is 5.84 Å². The van der Waals surface area contributed by atoms with Gasteiger partial charge in [-0.25, -0.2) is 10.4 Å². The van der Waals surface area contributed by atoms with E-state index >= 15 is 0 Å². The average Bonchev–Trinajstić information content (AvgIpc) is 2.59. The number of rotatable bonds is 4. The molecule has 0 fully saturated rings. The number of nitrogens with two attached hydrogens (primary N) is 1. The Morgan fingerprint density at radius 3 is 2.47 bits per heavy atom. The van der Waals surface area contributed by atoms with Crippen LogP contribution in [0.15, 0.2) is 5.38 Å². The molecule has 0 saturated carbocycles. The van der Waals surface area contributed by atoms with Crippen LogP contribution in [0.1, 0.15) is 31.5 Å². The van der Waals surface area contributed by atoms with Gasteiger partial charge in [0.15, 0.2) is 0 Å². The predicted octanol–water partition coefficient (Wildman–Crippen LogP) is 2.65. The molecule has 0 aliphatic carbocycles. The van der Waals surface area contributed by atoms with Gasteiger partial charge in [-0.2, -0.15) is 8.78 Å². The molecule has 1 aromatic heterocycles. The highest BCUT2D eigenvalue weighted by atomic mass is 35.5. The minimum atomic E-state index is -3.39. The first-order valence-electron chi connectivity index (χ1n) is 5.12. The minimum Gasteiger partial charge on any atom is -0.271 e. The van der Waals surface area contributed by atoms with Crippen LogP contribution in [0.5, 0.6) is 0 Å². The maximum atomic E-state index is 12.9. The zero-order chi connectivity index (χ0) is 13.3. The van der Waals surface area contributed by atoms with E-state index in [1.54, 1.807) is 0 Å². The summed E-state index contributed by atoms with van der Waals surface area (Å²) in [6.45, 7) is 6.04. The van der Waals surface area contributed by atoms with Gasteiger partial charge in [-0.15, -0.1) is 11.3 Å². The lowest BCUT2D eigenvalue weighted by atomic mass is 9.93. The van der Waals surface area contributed by atoms with Gasteiger partial charge in [0, 0.05) is 17.2 Å². The quantitative estimate of drug-likeness (QED) is 0.507. The van der Waals surface area contributed by atoms with Crippen LogP contribution in [0.2, 0.25) is 0 Å². The van der Waals surface area contributed by atoms with E-state index in [0.29, 0.717) is 5.01 Å². The zero-order valence-corrected chi connectivity index (χ0v) is 11.5. The molecular formula is C10H16ClF2N3S. The van der Waals surface area contributed by atoms with Gasteiger partial charge < -0.3 is 0 Å². The van der Waals surface area contributed by atoms with Crippen LogP contribution in [-0.4, -0.2) is 16.4 Å². The Labute approximate surface area is 108 Å². The Bertz CT molecular complexity index is 370. The van der Waals surface area contributed by atoms with Crippen molar-refractivity contribution < 1.29 is 8.78 Å². The maximum Gasteiger partial charge on any atom is 0.338 e. The molecule has 0 amide bonds. The summed E-state index contributed by atoms with van der Waals surface area (Å²) in [7, 11) is 0. The van der Waals surface area contributed by atoms with E-state index in [4.69, 9.17) is 17.4 Å². The molecule has 0 saturated heterocycles. The van der Waals surface area contributed by atoms with E-state index in [-0.39, 0.29) is 11.8 Å². The normalized spacial score (nSPS) is 15.0. The van der Waals surface area contributed by atoms with Gasteiger partial charge in [0.1, 0.15) is 6.04 Å². The van der Waals surface area contributed by atoms with Crippen molar-refractivity contribution >= 4 is 22.9 Å². The van der Waals surface area contributed by atoms with E-state index in [1.807, 2.05) is 31.6 Å². The predicted molar refractivity (Wildman–Crippen MR) is 66.4 cm³/mol. The number of halogens is 3. The monoisotopic (exact) mass is 283 g/mol. The van der Waals surface area contributed by atoms with Gasteiger partial charge in [0.05, 0.1) is 10.7 Å². The molecule has 1 heterocycles. The first kappa shape index (κ1) is 14.8. The van der Waals surface area contributed by atoms with E-state index in [9.17, 15) is 8.78 Å². The van der Waals surface area contributed by atoms with Gasteiger partial charge in [0.25, 0.3) is 0 Å². The first-order chi connectivity index (χ1) is 7.64. The van der Waals surface area contributed by atoms with Gasteiger partial charge in [-0.05, 0) is 11.6 Å². The minimum absolute atomic E-state index is 0.00769. The molecule has 0 bridgehead atoms. The third-order valence-corrected chi connectivity index (χ3v) is 3.43. The fourth-order valence-electron chi connectivity index (χ4n) is 1.19. The molecule has 1 rings (SSSR count). The van der Waals surface area contributed by atoms with Crippen LogP contribution in [-0.2, 0) is 11.8 Å². The Morgan fingerprint density at radius 2 is 2.12 bits per heavy atom.